The van der Waals surface area contributed by atoms with Crippen molar-refractivity contribution in [2.24, 2.45) is 0 Å². The van der Waals surface area contributed by atoms with Crippen LogP contribution in [-0.2, 0) is 4.43 Å². The molecule has 0 saturated carbocycles. The van der Waals surface area contributed by atoms with Crippen LogP contribution in [0.4, 0.5) is 0 Å². The van der Waals surface area contributed by atoms with Crippen molar-refractivity contribution in [1.29, 1.82) is 0 Å². The van der Waals surface area contributed by atoms with E-state index in [-0.39, 0.29) is 6.10 Å². The van der Waals surface area contributed by atoms with E-state index >= 15 is 0 Å². The Balaban J connectivity index is 5.77. The second-order valence-corrected chi connectivity index (χ2v) is 17.0. The Kier molecular flexibility index (Phi) is 11.9. The fraction of sp³-hybridized carbons (Fsp3) is 0.714. The maximum Gasteiger partial charge on any atom is 0.192 e. The minimum atomic E-state index is -1.60. The summed E-state index contributed by atoms with van der Waals surface area (Å²) in [6, 6.07) is 7.57. The van der Waals surface area contributed by atoms with E-state index in [9.17, 15) is 0 Å². The zero-order valence-corrected chi connectivity index (χ0v) is 19.3. The third kappa shape index (κ3) is 6.16. The highest BCUT2D eigenvalue weighted by molar-refractivity contribution is 6.86. The number of rotatable bonds is 14. The summed E-state index contributed by atoms with van der Waals surface area (Å²) in [5.74, 6) is 0. The third-order valence-corrected chi connectivity index (χ3v) is 16.7. The third-order valence-electron chi connectivity index (χ3n) is 6.20. The molecule has 3 heteroatoms. The van der Waals surface area contributed by atoms with Gasteiger partial charge in [0.15, 0.2) is 8.32 Å². The van der Waals surface area contributed by atoms with E-state index in [4.69, 9.17) is 4.43 Å². The molecule has 0 fully saturated rings. The van der Waals surface area contributed by atoms with Gasteiger partial charge in [0, 0.05) is 0 Å². The molecule has 1 atom stereocenters. The molecule has 140 valence electrons. The highest BCUT2D eigenvalue weighted by atomic mass is 28.4. The van der Waals surface area contributed by atoms with Crippen LogP contribution in [0.5, 0.6) is 0 Å². The van der Waals surface area contributed by atoms with E-state index in [1.807, 2.05) is 6.08 Å². The Labute approximate surface area is 154 Å². The first-order chi connectivity index (χ1) is 11.5. The van der Waals surface area contributed by atoms with Gasteiger partial charge in [-0.15, -0.1) is 13.2 Å². The number of hydrogen-bond acceptors (Lipinski definition) is 1. The summed E-state index contributed by atoms with van der Waals surface area (Å²) in [6.45, 7) is 22.1. The fourth-order valence-corrected chi connectivity index (χ4v) is 10.7. The highest BCUT2D eigenvalue weighted by Crippen LogP contribution is 2.33. The second kappa shape index (κ2) is 12.0. The molecule has 0 aliphatic rings. The standard InChI is InChI=1S/C21H42OSi2/c1-9-17-20(22-24(14-6,15-7)16-8)19-21(18-10-2)23(11-3,12-4)13-5/h9-10,19-20H,1-2,11-18H2,3-8H3/b21-19+. The lowest BCUT2D eigenvalue weighted by molar-refractivity contribution is 0.235. The summed E-state index contributed by atoms with van der Waals surface area (Å²) >= 11 is 0. The first-order valence-electron chi connectivity index (χ1n) is 10.1. The molecular weight excluding hydrogens is 324 g/mol. The molecule has 0 saturated heterocycles. The van der Waals surface area contributed by atoms with Gasteiger partial charge in [0.2, 0.25) is 0 Å². The summed E-state index contributed by atoms with van der Waals surface area (Å²) in [6.07, 6.45) is 8.77. The normalized spacial score (nSPS) is 14.5. The van der Waals surface area contributed by atoms with Crippen LogP contribution in [-0.4, -0.2) is 22.5 Å². The molecule has 0 N–H and O–H groups in total. The number of hydrogen-bond donors (Lipinski definition) is 0. The van der Waals surface area contributed by atoms with Crippen molar-refractivity contribution < 1.29 is 4.43 Å². The summed E-state index contributed by atoms with van der Waals surface area (Å²) in [5, 5.41) is 1.66. The molecule has 0 aromatic carbocycles. The highest BCUT2D eigenvalue weighted by Gasteiger charge is 2.34. The van der Waals surface area contributed by atoms with E-state index in [1.165, 1.54) is 36.3 Å². The van der Waals surface area contributed by atoms with Gasteiger partial charge < -0.3 is 4.43 Å². The average molecular weight is 367 g/mol. The monoisotopic (exact) mass is 366 g/mol. The lowest BCUT2D eigenvalue weighted by atomic mass is 10.2. The Morgan fingerprint density at radius 1 is 0.833 bits per heavy atom. The zero-order valence-electron chi connectivity index (χ0n) is 17.3. The van der Waals surface area contributed by atoms with E-state index in [0.717, 1.165) is 12.8 Å². The molecule has 0 aromatic rings. The van der Waals surface area contributed by atoms with Gasteiger partial charge >= 0.3 is 0 Å². The van der Waals surface area contributed by atoms with Crippen molar-refractivity contribution in [3.05, 3.63) is 36.6 Å². The summed E-state index contributed by atoms with van der Waals surface area (Å²) in [5.41, 5.74) is 0. The van der Waals surface area contributed by atoms with E-state index in [0.29, 0.717) is 0 Å². The average Bonchev–Trinajstić information content (AvgIpc) is 2.62. The first kappa shape index (κ1) is 23.6. The Morgan fingerprint density at radius 2 is 1.33 bits per heavy atom. The molecule has 0 aliphatic heterocycles. The van der Waals surface area contributed by atoms with Crippen molar-refractivity contribution in [1.82, 2.24) is 0 Å². The van der Waals surface area contributed by atoms with Crippen LogP contribution >= 0.6 is 0 Å². The van der Waals surface area contributed by atoms with Gasteiger partial charge in [-0.2, -0.15) is 0 Å². The molecule has 0 aliphatic carbocycles. The largest absolute Gasteiger partial charge is 0.410 e. The molecule has 1 nitrogen and oxygen atoms in total. The summed E-state index contributed by atoms with van der Waals surface area (Å²) in [4.78, 5) is 0. The molecule has 0 heterocycles. The van der Waals surface area contributed by atoms with Crippen molar-refractivity contribution in [2.75, 3.05) is 0 Å². The molecule has 0 spiro atoms. The second-order valence-electron chi connectivity index (χ2n) is 6.95. The van der Waals surface area contributed by atoms with Crippen molar-refractivity contribution in [2.45, 2.75) is 96.8 Å². The Hall–Kier alpha value is -0.386. The predicted molar refractivity (Wildman–Crippen MR) is 117 cm³/mol. The van der Waals surface area contributed by atoms with Gasteiger partial charge in [-0.25, -0.2) is 0 Å². The van der Waals surface area contributed by atoms with Gasteiger partial charge in [-0.3, -0.25) is 0 Å². The predicted octanol–water partition coefficient (Wildman–Crippen LogP) is 7.50. The van der Waals surface area contributed by atoms with Crippen molar-refractivity contribution in [3.63, 3.8) is 0 Å². The van der Waals surface area contributed by atoms with Crippen LogP contribution in [0.2, 0.25) is 36.3 Å². The SMILES string of the molecule is C=CC/C(=C\C(CC=C)O[Si](CC)(CC)CC)[Si](CC)(CC)CC. The molecular formula is C21H42OSi2. The Morgan fingerprint density at radius 3 is 1.67 bits per heavy atom. The number of allylic oxidation sites excluding steroid dienone is 2. The first-order valence-corrected chi connectivity index (χ1v) is 15.2. The van der Waals surface area contributed by atoms with E-state index in [1.54, 1.807) is 5.20 Å². The molecule has 1 unspecified atom stereocenters. The molecule has 24 heavy (non-hydrogen) atoms. The molecule has 0 bridgehead atoms. The lowest BCUT2D eigenvalue weighted by Gasteiger charge is -2.35. The van der Waals surface area contributed by atoms with Gasteiger partial charge in [0.25, 0.3) is 0 Å². The van der Waals surface area contributed by atoms with Crippen molar-refractivity contribution in [3.8, 4) is 0 Å². The minimum absolute atomic E-state index is 0.209. The quantitative estimate of drug-likeness (QED) is 0.228. The summed E-state index contributed by atoms with van der Waals surface area (Å²) < 4.78 is 6.81. The Bertz CT molecular complexity index is 376. The van der Waals surface area contributed by atoms with Crippen LogP contribution < -0.4 is 0 Å². The van der Waals surface area contributed by atoms with Crippen molar-refractivity contribution >= 4 is 16.4 Å². The smallest absolute Gasteiger partial charge is 0.192 e. The molecule has 0 amide bonds. The van der Waals surface area contributed by atoms with E-state index in [2.05, 4.69) is 66.9 Å². The maximum atomic E-state index is 6.81. The zero-order chi connectivity index (χ0) is 18.6. The van der Waals surface area contributed by atoms with Crippen LogP contribution in [0.3, 0.4) is 0 Å². The van der Waals surface area contributed by atoms with Crippen LogP contribution in [0, 0.1) is 0 Å². The van der Waals surface area contributed by atoms with E-state index < -0.39 is 16.4 Å². The topological polar surface area (TPSA) is 9.23 Å². The van der Waals surface area contributed by atoms with Gasteiger partial charge in [-0.1, -0.05) is 83.1 Å². The van der Waals surface area contributed by atoms with Gasteiger partial charge in [0.05, 0.1) is 14.2 Å². The van der Waals surface area contributed by atoms with Gasteiger partial charge in [0.1, 0.15) is 0 Å². The van der Waals surface area contributed by atoms with Crippen LogP contribution in [0.1, 0.15) is 54.4 Å². The lowest BCUT2D eigenvalue weighted by Crippen LogP contribution is -2.40. The molecule has 0 radical (unpaired) electrons. The maximum absolute atomic E-state index is 6.81. The fourth-order valence-electron chi connectivity index (χ4n) is 3.91. The minimum Gasteiger partial charge on any atom is -0.410 e. The molecule has 0 aromatic heterocycles. The summed E-state index contributed by atoms with van der Waals surface area (Å²) in [7, 11) is -2.97. The van der Waals surface area contributed by atoms with Gasteiger partial charge in [-0.05, 0) is 31.0 Å². The molecule has 0 rings (SSSR count). The van der Waals surface area contributed by atoms with Crippen LogP contribution in [0.15, 0.2) is 36.6 Å². The van der Waals surface area contributed by atoms with Crippen LogP contribution in [0.25, 0.3) is 0 Å².